The smallest absolute Gasteiger partial charge is 0.252 e. The summed E-state index contributed by atoms with van der Waals surface area (Å²) in [5, 5.41) is 29.9. The standard InChI is InChI=1S/C35H29ClF2N6O5/c1-3-49-31-24(32(40)45)15-28(42-30(31)23-8-5-9-26(36)25(23)16-39)35(47,21-6-4-7-22(37)14-21)18-41-33(46)19-12-20-17-44(34(38)10-11-34)43-29(20)27(13-19)48-2/h4-9,12-15,17,47H,3,10-11,18H2,1-2H3,(H2,40,45)(H,41,46). The van der Waals surface area contributed by atoms with Gasteiger partial charge in [-0.1, -0.05) is 35.9 Å². The lowest BCUT2D eigenvalue weighted by Crippen LogP contribution is -2.42. The van der Waals surface area contributed by atoms with E-state index in [-0.39, 0.29) is 62.3 Å². The van der Waals surface area contributed by atoms with Gasteiger partial charge in [0, 0.05) is 35.6 Å². The number of pyridine rings is 1. The van der Waals surface area contributed by atoms with Crippen LogP contribution in [0, 0.1) is 17.1 Å². The van der Waals surface area contributed by atoms with Gasteiger partial charge in [0.1, 0.15) is 34.4 Å². The summed E-state index contributed by atoms with van der Waals surface area (Å²) in [4.78, 5) is 31.1. The van der Waals surface area contributed by atoms with Crippen molar-refractivity contribution in [3.05, 3.63) is 106 Å². The average Bonchev–Trinajstić information content (AvgIpc) is 3.68. The Bertz CT molecular complexity index is 2180. The molecule has 2 heterocycles. The SMILES string of the molecule is CCOc1c(C(N)=O)cc(C(O)(CNC(=O)c2cc(OC)c3nn(C4(F)CC4)cc3c2)c2cccc(F)c2)nc1-c1cccc(Cl)c1C#N. The summed E-state index contributed by atoms with van der Waals surface area (Å²) in [6, 6.07) is 15.8. The fourth-order valence-electron chi connectivity index (χ4n) is 5.56. The lowest BCUT2D eigenvalue weighted by molar-refractivity contribution is 0.0663. The number of methoxy groups -OCH3 is 1. The summed E-state index contributed by atoms with van der Waals surface area (Å²) in [6.07, 6.45) is 2.14. The van der Waals surface area contributed by atoms with Gasteiger partial charge in [-0.05, 0) is 48.9 Å². The number of hydrogen-bond donors (Lipinski definition) is 3. The van der Waals surface area contributed by atoms with E-state index in [1.165, 1.54) is 66.5 Å². The number of alkyl halides is 1. The summed E-state index contributed by atoms with van der Waals surface area (Å²) in [5.41, 5.74) is 3.68. The number of rotatable bonds is 11. The van der Waals surface area contributed by atoms with Crippen LogP contribution in [0.3, 0.4) is 0 Å². The van der Waals surface area contributed by atoms with E-state index in [4.69, 9.17) is 26.8 Å². The molecule has 0 aliphatic heterocycles. The minimum absolute atomic E-state index is 0.0146. The molecule has 3 aromatic carbocycles. The Balaban J connectivity index is 1.47. The quantitative estimate of drug-likeness (QED) is 0.167. The molecule has 0 saturated heterocycles. The van der Waals surface area contributed by atoms with Crippen LogP contribution in [0.1, 0.15) is 57.3 Å². The van der Waals surface area contributed by atoms with Gasteiger partial charge in [0.2, 0.25) is 5.79 Å². The van der Waals surface area contributed by atoms with Crippen LogP contribution in [0.15, 0.2) is 66.9 Å². The maximum Gasteiger partial charge on any atom is 0.252 e. The van der Waals surface area contributed by atoms with Crippen LogP contribution >= 0.6 is 11.6 Å². The molecule has 1 aliphatic rings. The van der Waals surface area contributed by atoms with Crippen LogP contribution < -0.4 is 20.5 Å². The number of nitrogens with zero attached hydrogens (tertiary/aromatic N) is 4. The van der Waals surface area contributed by atoms with E-state index in [0.29, 0.717) is 23.7 Å². The van der Waals surface area contributed by atoms with Crippen LogP contribution in [-0.4, -0.2) is 51.9 Å². The third kappa shape index (κ3) is 6.12. The average molecular weight is 687 g/mol. The van der Waals surface area contributed by atoms with Gasteiger partial charge in [-0.25, -0.2) is 18.4 Å². The normalized spacial score (nSPS) is 14.5. The molecule has 5 aromatic rings. The molecule has 1 fully saturated rings. The number of halogens is 3. The second-order valence-electron chi connectivity index (χ2n) is 11.5. The first-order valence-corrected chi connectivity index (χ1v) is 15.5. The predicted octanol–water partition coefficient (Wildman–Crippen LogP) is 5.35. The number of aliphatic hydroxyl groups is 1. The van der Waals surface area contributed by atoms with Crippen molar-refractivity contribution in [1.82, 2.24) is 20.1 Å². The molecule has 1 aliphatic carbocycles. The molecular formula is C35H29ClF2N6O5. The lowest BCUT2D eigenvalue weighted by Gasteiger charge is -2.30. The van der Waals surface area contributed by atoms with E-state index < -0.39 is 35.6 Å². The zero-order valence-corrected chi connectivity index (χ0v) is 27.0. The van der Waals surface area contributed by atoms with Gasteiger partial charge < -0.3 is 25.6 Å². The van der Waals surface area contributed by atoms with Crippen LogP contribution in [0.4, 0.5) is 8.78 Å². The number of carbonyl (C=O) groups excluding carboxylic acids is 2. The van der Waals surface area contributed by atoms with Gasteiger partial charge >= 0.3 is 0 Å². The monoisotopic (exact) mass is 686 g/mol. The molecule has 250 valence electrons. The van der Waals surface area contributed by atoms with E-state index in [2.05, 4.69) is 15.4 Å². The molecule has 1 atom stereocenters. The van der Waals surface area contributed by atoms with Gasteiger partial charge in [0.05, 0.1) is 42.1 Å². The number of primary amides is 1. The maximum absolute atomic E-state index is 14.8. The minimum Gasteiger partial charge on any atom is -0.494 e. The lowest BCUT2D eigenvalue weighted by atomic mass is 9.87. The number of carbonyl (C=O) groups is 2. The summed E-state index contributed by atoms with van der Waals surface area (Å²) >= 11 is 6.33. The van der Waals surface area contributed by atoms with Crippen molar-refractivity contribution in [3.8, 4) is 28.8 Å². The number of ether oxygens (including phenoxy) is 2. The Hall–Kier alpha value is -5.58. The van der Waals surface area contributed by atoms with Gasteiger partial charge in [0.15, 0.2) is 5.75 Å². The highest BCUT2D eigenvalue weighted by Gasteiger charge is 2.46. The molecular weight excluding hydrogens is 658 g/mol. The Labute approximate surface area is 283 Å². The Morgan fingerprint density at radius 1 is 1.20 bits per heavy atom. The molecule has 14 heteroatoms. The number of amides is 2. The highest BCUT2D eigenvalue weighted by molar-refractivity contribution is 6.32. The second-order valence-corrected chi connectivity index (χ2v) is 11.9. The number of hydrogen-bond acceptors (Lipinski definition) is 8. The molecule has 0 bridgehead atoms. The molecule has 1 unspecified atom stereocenters. The highest BCUT2D eigenvalue weighted by Crippen LogP contribution is 2.45. The van der Waals surface area contributed by atoms with Crippen LogP contribution in [-0.2, 0) is 11.4 Å². The molecule has 1 saturated carbocycles. The van der Waals surface area contributed by atoms with Crippen molar-refractivity contribution in [2.45, 2.75) is 31.2 Å². The van der Waals surface area contributed by atoms with Crippen molar-refractivity contribution >= 4 is 34.3 Å². The largest absolute Gasteiger partial charge is 0.494 e. The van der Waals surface area contributed by atoms with Crippen LogP contribution in [0.25, 0.3) is 22.2 Å². The first-order chi connectivity index (χ1) is 23.4. The number of nitriles is 1. The highest BCUT2D eigenvalue weighted by atomic mass is 35.5. The number of fused-ring (bicyclic) bond motifs is 1. The molecule has 11 nitrogen and oxygen atoms in total. The van der Waals surface area contributed by atoms with E-state index in [0.717, 1.165) is 6.07 Å². The third-order valence-electron chi connectivity index (χ3n) is 8.27. The maximum atomic E-state index is 14.8. The van der Waals surface area contributed by atoms with E-state index in [1.807, 2.05) is 6.07 Å². The van der Waals surface area contributed by atoms with E-state index in [1.54, 1.807) is 13.0 Å². The molecule has 6 rings (SSSR count). The molecule has 2 aromatic heterocycles. The molecule has 4 N–H and O–H groups in total. The van der Waals surface area contributed by atoms with Gasteiger partial charge in [-0.15, -0.1) is 0 Å². The number of aromatic nitrogens is 3. The molecule has 2 amide bonds. The first-order valence-electron chi connectivity index (χ1n) is 15.1. The zero-order valence-electron chi connectivity index (χ0n) is 26.3. The van der Waals surface area contributed by atoms with Crippen molar-refractivity contribution < 1.29 is 33.0 Å². The Kier molecular flexibility index (Phi) is 8.70. The number of nitrogens with one attached hydrogen (secondary N) is 1. The zero-order chi connectivity index (χ0) is 35.1. The van der Waals surface area contributed by atoms with Gasteiger partial charge in [-0.3, -0.25) is 9.59 Å². The second kappa shape index (κ2) is 12.8. The van der Waals surface area contributed by atoms with Crippen LogP contribution in [0.2, 0.25) is 5.02 Å². The van der Waals surface area contributed by atoms with Crippen molar-refractivity contribution in [1.29, 1.82) is 5.26 Å². The van der Waals surface area contributed by atoms with Crippen molar-refractivity contribution in [3.63, 3.8) is 0 Å². The summed E-state index contributed by atoms with van der Waals surface area (Å²) in [5.74, 6) is -3.73. The van der Waals surface area contributed by atoms with Crippen LogP contribution in [0.5, 0.6) is 11.5 Å². The predicted molar refractivity (Wildman–Crippen MR) is 175 cm³/mol. The number of benzene rings is 3. The Morgan fingerprint density at radius 2 is 1.96 bits per heavy atom. The van der Waals surface area contributed by atoms with Crippen molar-refractivity contribution in [2.24, 2.45) is 5.73 Å². The Morgan fingerprint density at radius 3 is 2.61 bits per heavy atom. The first kappa shape index (κ1) is 33.3. The molecule has 0 spiro atoms. The van der Waals surface area contributed by atoms with Gasteiger partial charge in [0.25, 0.3) is 11.8 Å². The van der Waals surface area contributed by atoms with E-state index >= 15 is 0 Å². The van der Waals surface area contributed by atoms with Crippen molar-refractivity contribution in [2.75, 3.05) is 20.3 Å². The topological polar surface area (TPSA) is 165 Å². The summed E-state index contributed by atoms with van der Waals surface area (Å²) in [6.45, 7) is 1.17. The van der Waals surface area contributed by atoms with E-state index in [9.17, 15) is 28.7 Å². The fourth-order valence-corrected chi connectivity index (χ4v) is 5.78. The molecule has 0 radical (unpaired) electrons. The summed E-state index contributed by atoms with van der Waals surface area (Å²) < 4.78 is 41.9. The third-order valence-corrected chi connectivity index (χ3v) is 8.58. The summed E-state index contributed by atoms with van der Waals surface area (Å²) in [7, 11) is 1.39. The van der Waals surface area contributed by atoms with Gasteiger partial charge in [-0.2, -0.15) is 10.4 Å². The fraction of sp³-hybridized carbons (Fsp3) is 0.229. The minimum atomic E-state index is -2.28. The molecule has 49 heavy (non-hydrogen) atoms. The number of nitrogens with two attached hydrogens (primary N) is 1.